The van der Waals surface area contributed by atoms with Gasteiger partial charge in [0.2, 0.25) is 5.95 Å². The van der Waals surface area contributed by atoms with Gasteiger partial charge in [0.05, 0.1) is 10.5 Å². The summed E-state index contributed by atoms with van der Waals surface area (Å²) in [5, 5.41) is 11.4. The molecule has 0 bridgehead atoms. The average molecular weight is 554 g/mol. The van der Waals surface area contributed by atoms with Crippen molar-refractivity contribution in [2.45, 2.75) is 23.9 Å². The van der Waals surface area contributed by atoms with Crippen LogP contribution in [0.1, 0.15) is 21.9 Å². The lowest BCUT2D eigenvalue weighted by atomic mass is 10.2. The maximum atomic E-state index is 12.6. The summed E-state index contributed by atoms with van der Waals surface area (Å²) in [4.78, 5) is 32.5. The van der Waals surface area contributed by atoms with Crippen LogP contribution in [0.4, 0.5) is 11.6 Å². The third kappa shape index (κ3) is 6.33. The van der Waals surface area contributed by atoms with Crippen molar-refractivity contribution in [2.24, 2.45) is 0 Å². The van der Waals surface area contributed by atoms with Crippen molar-refractivity contribution in [1.29, 1.82) is 0 Å². The Bertz CT molecular complexity index is 1570. The summed E-state index contributed by atoms with van der Waals surface area (Å²) in [6.07, 6.45) is 3.34. The first-order chi connectivity index (χ1) is 18.2. The Balaban J connectivity index is 1.31. The van der Waals surface area contributed by atoms with Crippen molar-refractivity contribution in [3.63, 3.8) is 0 Å². The van der Waals surface area contributed by atoms with Crippen LogP contribution in [0.2, 0.25) is 0 Å². The lowest BCUT2D eigenvalue weighted by Crippen LogP contribution is -2.21. The van der Waals surface area contributed by atoms with Crippen molar-refractivity contribution >= 4 is 45.3 Å². The van der Waals surface area contributed by atoms with E-state index in [-0.39, 0.29) is 16.4 Å². The van der Waals surface area contributed by atoms with E-state index in [1.165, 1.54) is 42.2 Å². The molecule has 4 aromatic rings. The second-order valence-corrected chi connectivity index (χ2v) is 10.3. The highest BCUT2D eigenvalue weighted by Crippen LogP contribution is 2.20. The summed E-state index contributed by atoms with van der Waals surface area (Å²) < 4.78 is 34.4. The molecule has 2 heterocycles. The van der Waals surface area contributed by atoms with Gasteiger partial charge in [-0.2, -0.15) is 0 Å². The Hall–Kier alpha value is -4.30. The second kappa shape index (κ2) is 11.4. The van der Waals surface area contributed by atoms with Gasteiger partial charge in [-0.15, -0.1) is 10.2 Å². The highest BCUT2D eigenvalue weighted by atomic mass is 32.2. The number of nitrogens with one attached hydrogen (secondary N) is 2. The third-order valence-electron chi connectivity index (χ3n) is 5.14. The smallest absolute Gasteiger partial charge is 0.338 e. The van der Waals surface area contributed by atoms with Crippen LogP contribution >= 0.6 is 11.8 Å². The number of rotatable bonds is 9. The number of anilines is 2. The first-order valence-electron chi connectivity index (χ1n) is 11.1. The first-order valence-corrected chi connectivity index (χ1v) is 13.8. The van der Waals surface area contributed by atoms with Gasteiger partial charge in [0.15, 0.2) is 11.8 Å². The minimum absolute atomic E-state index is 0.0400. The van der Waals surface area contributed by atoms with Crippen LogP contribution in [0.5, 0.6) is 0 Å². The van der Waals surface area contributed by atoms with Gasteiger partial charge in [0.1, 0.15) is 5.82 Å². The molecule has 14 heteroatoms. The predicted octanol–water partition coefficient (Wildman–Crippen LogP) is 2.99. The van der Waals surface area contributed by atoms with E-state index in [0.717, 1.165) is 10.8 Å². The number of nitrogens with zero attached hydrogens (tertiary/aromatic N) is 5. The molecule has 0 aliphatic carbocycles. The molecule has 0 saturated carbocycles. The fourth-order valence-electron chi connectivity index (χ4n) is 3.33. The first kappa shape index (κ1) is 26.8. The van der Waals surface area contributed by atoms with E-state index in [0.29, 0.717) is 17.2 Å². The number of carbonyl (C=O) groups excluding carboxylic acids is 2. The summed E-state index contributed by atoms with van der Waals surface area (Å²) in [6, 6.07) is 13.8. The number of thioether (sulfide) groups is 1. The molecule has 0 aliphatic heterocycles. The SMILES string of the molecule is CSc1nnc(C)n1-c1ccc(C(=O)OCC(=O)Nc2ccc(S(=O)(=O)Nc3nccc(C)n3)cc2)cc1. The summed E-state index contributed by atoms with van der Waals surface area (Å²) in [6.45, 7) is 3.03. The molecule has 2 N–H and O–H groups in total. The lowest BCUT2D eigenvalue weighted by Gasteiger charge is -2.10. The van der Waals surface area contributed by atoms with Crippen LogP contribution in [-0.2, 0) is 19.6 Å². The van der Waals surface area contributed by atoms with Crippen LogP contribution in [-0.4, -0.2) is 57.9 Å². The average Bonchev–Trinajstić information content (AvgIpc) is 3.27. The maximum Gasteiger partial charge on any atom is 0.338 e. The molecule has 2 aromatic heterocycles. The van der Waals surface area contributed by atoms with E-state index in [4.69, 9.17) is 4.74 Å². The predicted molar refractivity (Wildman–Crippen MR) is 141 cm³/mol. The minimum Gasteiger partial charge on any atom is -0.452 e. The number of hydrogen-bond acceptors (Lipinski definition) is 10. The van der Waals surface area contributed by atoms with Crippen LogP contribution < -0.4 is 10.0 Å². The zero-order valence-corrected chi connectivity index (χ0v) is 22.2. The summed E-state index contributed by atoms with van der Waals surface area (Å²) in [5.41, 5.74) is 2.01. The lowest BCUT2D eigenvalue weighted by molar-refractivity contribution is -0.119. The number of sulfonamides is 1. The summed E-state index contributed by atoms with van der Waals surface area (Å²) >= 11 is 1.45. The van der Waals surface area contributed by atoms with Gasteiger partial charge in [-0.05, 0) is 74.7 Å². The van der Waals surface area contributed by atoms with Gasteiger partial charge in [-0.3, -0.25) is 9.36 Å². The zero-order valence-electron chi connectivity index (χ0n) is 20.6. The van der Waals surface area contributed by atoms with E-state index in [1.54, 1.807) is 37.3 Å². The van der Waals surface area contributed by atoms with Crippen molar-refractivity contribution in [3.05, 3.63) is 77.9 Å². The number of amides is 1. The van der Waals surface area contributed by atoms with E-state index in [1.807, 2.05) is 17.7 Å². The van der Waals surface area contributed by atoms with Crippen LogP contribution in [0, 0.1) is 13.8 Å². The molecule has 0 saturated heterocycles. The standard InChI is InChI=1S/C24H23N7O5S2/c1-15-12-13-25-23(26-15)30-38(34,35)20-10-6-18(7-11-20)27-21(32)14-36-22(33)17-4-8-19(9-5-17)31-16(2)28-29-24(31)37-3/h4-13H,14H2,1-3H3,(H,27,32)(H,25,26,30). The fraction of sp³-hybridized carbons (Fsp3) is 0.167. The second-order valence-electron chi connectivity index (χ2n) is 7.89. The molecule has 1 amide bonds. The number of benzene rings is 2. The molecule has 38 heavy (non-hydrogen) atoms. The molecule has 2 aromatic carbocycles. The molecule has 0 unspecified atom stereocenters. The van der Waals surface area contributed by atoms with Gasteiger partial charge in [0, 0.05) is 23.3 Å². The highest BCUT2D eigenvalue weighted by molar-refractivity contribution is 7.98. The van der Waals surface area contributed by atoms with Crippen LogP contribution in [0.15, 0.2) is 70.8 Å². The number of carbonyl (C=O) groups is 2. The number of ether oxygens (including phenoxy) is 1. The Labute approximate surface area is 222 Å². The molecule has 0 fully saturated rings. The Morgan fingerprint density at radius 3 is 2.37 bits per heavy atom. The minimum atomic E-state index is -3.92. The van der Waals surface area contributed by atoms with Crippen LogP contribution in [0.3, 0.4) is 0 Å². The largest absolute Gasteiger partial charge is 0.452 e. The molecule has 0 aliphatic rings. The Morgan fingerprint density at radius 2 is 1.71 bits per heavy atom. The van der Waals surface area contributed by atoms with Crippen molar-refractivity contribution < 1.29 is 22.7 Å². The molecule has 0 spiro atoms. The number of aromatic nitrogens is 5. The van der Waals surface area contributed by atoms with E-state index >= 15 is 0 Å². The molecular formula is C24H23N7O5S2. The molecule has 0 radical (unpaired) electrons. The van der Waals surface area contributed by atoms with Crippen molar-refractivity contribution in [1.82, 2.24) is 24.7 Å². The molecule has 196 valence electrons. The molecule has 12 nitrogen and oxygen atoms in total. The van der Waals surface area contributed by atoms with E-state index in [9.17, 15) is 18.0 Å². The number of esters is 1. The van der Waals surface area contributed by atoms with Gasteiger partial charge in [-0.25, -0.2) is 27.9 Å². The topological polar surface area (TPSA) is 158 Å². The normalized spacial score (nSPS) is 11.1. The summed E-state index contributed by atoms with van der Waals surface area (Å²) in [5.74, 6) is -0.578. The van der Waals surface area contributed by atoms with Gasteiger partial charge in [0.25, 0.3) is 15.9 Å². The van der Waals surface area contributed by atoms with E-state index < -0.39 is 28.5 Å². The number of aryl methyl sites for hydroxylation is 2. The fourth-order valence-corrected chi connectivity index (χ4v) is 4.82. The zero-order chi connectivity index (χ0) is 27.3. The highest BCUT2D eigenvalue weighted by Gasteiger charge is 2.17. The van der Waals surface area contributed by atoms with Crippen LogP contribution in [0.25, 0.3) is 5.69 Å². The molecule has 0 atom stereocenters. The van der Waals surface area contributed by atoms with Gasteiger partial charge >= 0.3 is 5.97 Å². The third-order valence-corrected chi connectivity index (χ3v) is 7.12. The van der Waals surface area contributed by atoms with Gasteiger partial charge < -0.3 is 10.1 Å². The maximum absolute atomic E-state index is 12.6. The Kier molecular flexibility index (Phi) is 8.02. The van der Waals surface area contributed by atoms with Crippen molar-refractivity contribution in [3.8, 4) is 5.69 Å². The summed E-state index contributed by atoms with van der Waals surface area (Å²) in [7, 11) is -3.92. The molecular weight excluding hydrogens is 530 g/mol. The monoisotopic (exact) mass is 553 g/mol. The van der Waals surface area contributed by atoms with E-state index in [2.05, 4.69) is 30.2 Å². The Morgan fingerprint density at radius 1 is 1.00 bits per heavy atom. The van der Waals surface area contributed by atoms with Crippen molar-refractivity contribution in [2.75, 3.05) is 22.9 Å². The van der Waals surface area contributed by atoms with Gasteiger partial charge in [-0.1, -0.05) is 11.8 Å². The quantitative estimate of drug-likeness (QED) is 0.233. The molecule has 4 rings (SSSR count). The number of hydrogen-bond donors (Lipinski definition) is 2.